The van der Waals surface area contributed by atoms with Crippen LogP contribution in [0.4, 0.5) is 0 Å². The van der Waals surface area contributed by atoms with Crippen LogP contribution in [0.15, 0.2) is 40.3 Å². The summed E-state index contributed by atoms with van der Waals surface area (Å²) in [6, 6.07) is 5.72. The molecule has 0 bridgehead atoms. The Bertz CT molecular complexity index is 608. The Labute approximate surface area is 114 Å². The first-order valence-electron chi connectivity index (χ1n) is 5.50. The molecule has 1 aromatic rings. The predicted molar refractivity (Wildman–Crippen MR) is 69.7 cm³/mol. The highest BCUT2D eigenvalue weighted by molar-refractivity contribution is 7.10. The minimum Gasteiger partial charge on any atom is -0.466 e. The molecule has 2 N–H and O–H groups in total. The van der Waals surface area contributed by atoms with Crippen molar-refractivity contribution in [2.24, 2.45) is 5.73 Å². The van der Waals surface area contributed by atoms with Crippen LogP contribution in [0, 0.1) is 11.3 Å². The number of carbonyl (C=O) groups excluding carboxylic acids is 1. The number of ether oxygens (including phenoxy) is 2. The van der Waals surface area contributed by atoms with Crippen LogP contribution in [0.25, 0.3) is 0 Å². The van der Waals surface area contributed by atoms with E-state index in [0.717, 1.165) is 4.88 Å². The van der Waals surface area contributed by atoms with Crippen molar-refractivity contribution in [1.82, 2.24) is 0 Å². The lowest BCUT2D eigenvalue weighted by Gasteiger charge is -2.25. The molecule has 19 heavy (non-hydrogen) atoms. The van der Waals surface area contributed by atoms with Crippen LogP contribution in [0.5, 0.6) is 0 Å². The number of hydrogen-bond acceptors (Lipinski definition) is 6. The maximum absolute atomic E-state index is 11.9. The molecule has 0 aliphatic carbocycles. The fourth-order valence-corrected chi connectivity index (χ4v) is 2.84. The van der Waals surface area contributed by atoms with Crippen LogP contribution in [0.3, 0.4) is 0 Å². The van der Waals surface area contributed by atoms with Crippen LogP contribution in [-0.4, -0.2) is 13.1 Å². The minimum absolute atomic E-state index is 0.0334. The van der Waals surface area contributed by atoms with Gasteiger partial charge in [0.2, 0.25) is 5.88 Å². The van der Waals surface area contributed by atoms with Gasteiger partial charge in [0.1, 0.15) is 17.4 Å². The summed E-state index contributed by atoms with van der Waals surface area (Å²) in [5.74, 6) is -0.643. The van der Waals surface area contributed by atoms with Crippen LogP contribution in [0.1, 0.15) is 17.7 Å². The van der Waals surface area contributed by atoms with E-state index in [9.17, 15) is 10.1 Å². The van der Waals surface area contributed by atoms with E-state index >= 15 is 0 Å². The fourth-order valence-electron chi connectivity index (χ4n) is 2.00. The summed E-state index contributed by atoms with van der Waals surface area (Å²) in [7, 11) is 1.29. The molecule has 2 heterocycles. The third-order valence-electron chi connectivity index (χ3n) is 2.84. The van der Waals surface area contributed by atoms with Crippen molar-refractivity contribution in [3.63, 3.8) is 0 Å². The molecule has 0 radical (unpaired) electrons. The standard InChI is InChI=1S/C13H12N2O3S/c1-7-10(13(16)17-2)11(9-4-3-5-19-9)8(6-14)12(15)18-7/h3-5,11H,15H2,1-2H3. The van der Waals surface area contributed by atoms with Crippen molar-refractivity contribution >= 4 is 17.3 Å². The van der Waals surface area contributed by atoms with E-state index in [1.807, 2.05) is 23.6 Å². The van der Waals surface area contributed by atoms with Gasteiger partial charge in [0.15, 0.2) is 0 Å². The molecule has 0 fully saturated rings. The molecule has 1 aliphatic rings. The number of carbonyl (C=O) groups is 1. The van der Waals surface area contributed by atoms with E-state index in [1.54, 1.807) is 6.92 Å². The van der Waals surface area contributed by atoms with Gasteiger partial charge in [0.25, 0.3) is 0 Å². The zero-order valence-corrected chi connectivity index (χ0v) is 11.3. The summed E-state index contributed by atoms with van der Waals surface area (Å²) in [5, 5.41) is 11.1. The first-order valence-corrected chi connectivity index (χ1v) is 6.38. The van der Waals surface area contributed by atoms with Crippen molar-refractivity contribution in [2.75, 3.05) is 7.11 Å². The maximum Gasteiger partial charge on any atom is 0.338 e. The highest BCUT2D eigenvalue weighted by Crippen LogP contribution is 2.40. The zero-order valence-electron chi connectivity index (χ0n) is 10.5. The summed E-state index contributed by atoms with van der Waals surface area (Å²) in [4.78, 5) is 12.8. The zero-order chi connectivity index (χ0) is 14.0. The quantitative estimate of drug-likeness (QED) is 0.835. The highest BCUT2D eigenvalue weighted by Gasteiger charge is 2.36. The summed E-state index contributed by atoms with van der Waals surface area (Å²) < 4.78 is 10.0. The number of hydrogen-bond donors (Lipinski definition) is 1. The number of esters is 1. The number of nitrogens with zero attached hydrogens (tertiary/aromatic N) is 1. The number of nitriles is 1. The number of nitrogens with two attached hydrogens (primary N) is 1. The molecule has 0 spiro atoms. The lowest BCUT2D eigenvalue weighted by atomic mass is 9.88. The van der Waals surface area contributed by atoms with Crippen molar-refractivity contribution < 1.29 is 14.3 Å². The van der Waals surface area contributed by atoms with Crippen molar-refractivity contribution in [1.29, 1.82) is 5.26 Å². The Balaban J connectivity index is 2.61. The second-order valence-corrected chi connectivity index (χ2v) is 4.88. The number of methoxy groups -OCH3 is 1. The molecule has 5 nitrogen and oxygen atoms in total. The van der Waals surface area contributed by atoms with Crippen molar-refractivity contribution in [3.8, 4) is 6.07 Å². The topological polar surface area (TPSA) is 85.3 Å². The van der Waals surface area contributed by atoms with Gasteiger partial charge in [-0.15, -0.1) is 11.3 Å². The summed E-state index contributed by atoms with van der Waals surface area (Å²) >= 11 is 1.45. The lowest BCUT2D eigenvalue weighted by Crippen LogP contribution is -2.24. The molecule has 1 atom stereocenters. The van der Waals surface area contributed by atoms with E-state index in [-0.39, 0.29) is 11.5 Å². The molecule has 0 saturated heterocycles. The fraction of sp³-hybridized carbons (Fsp3) is 0.231. The summed E-state index contributed by atoms with van der Waals surface area (Å²) in [5.41, 5.74) is 6.28. The largest absolute Gasteiger partial charge is 0.466 e. The summed E-state index contributed by atoms with van der Waals surface area (Å²) in [6.45, 7) is 1.63. The van der Waals surface area contributed by atoms with Crippen LogP contribution >= 0.6 is 11.3 Å². The molecular formula is C13H12N2O3S. The highest BCUT2D eigenvalue weighted by atomic mass is 32.1. The Kier molecular flexibility index (Phi) is 3.58. The molecule has 1 unspecified atom stereocenters. The molecule has 98 valence electrons. The smallest absolute Gasteiger partial charge is 0.338 e. The molecule has 0 saturated carbocycles. The van der Waals surface area contributed by atoms with Crippen LogP contribution in [-0.2, 0) is 14.3 Å². The van der Waals surface area contributed by atoms with Crippen LogP contribution < -0.4 is 5.73 Å². The Morgan fingerprint density at radius 3 is 2.89 bits per heavy atom. The SMILES string of the molecule is COC(=O)C1=C(C)OC(N)=C(C#N)C1c1cccs1. The number of rotatable bonds is 2. The second kappa shape index (κ2) is 5.16. The van der Waals surface area contributed by atoms with Gasteiger partial charge in [-0.2, -0.15) is 5.26 Å². The van der Waals surface area contributed by atoms with Gasteiger partial charge in [0, 0.05) is 4.88 Å². The molecular weight excluding hydrogens is 264 g/mol. The van der Waals surface area contributed by atoms with E-state index < -0.39 is 11.9 Å². The lowest BCUT2D eigenvalue weighted by molar-refractivity contribution is -0.136. The van der Waals surface area contributed by atoms with Crippen molar-refractivity contribution in [3.05, 3.63) is 45.2 Å². The molecule has 0 amide bonds. The van der Waals surface area contributed by atoms with E-state index in [1.165, 1.54) is 18.4 Å². The molecule has 1 aromatic heterocycles. The van der Waals surface area contributed by atoms with Gasteiger partial charge in [-0.1, -0.05) is 6.07 Å². The number of allylic oxidation sites excluding steroid dienone is 2. The first-order chi connectivity index (χ1) is 9.10. The third-order valence-corrected chi connectivity index (χ3v) is 3.78. The molecule has 0 aromatic carbocycles. The van der Waals surface area contributed by atoms with Gasteiger partial charge in [-0.25, -0.2) is 4.79 Å². The van der Waals surface area contributed by atoms with Gasteiger partial charge in [-0.05, 0) is 18.4 Å². The Morgan fingerprint density at radius 2 is 2.37 bits per heavy atom. The molecule has 6 heteroatoms. The van der Waals surface area contributed by atoms with Gasteiger partial charge in [-0.3, -0.25) is 0 Å². The van der Waals surface area contributed by atoms with E-state index in [4.69, 9.17) is 15.2 Å². The van der Waals surface area contributed by atoms with Gasteiger partial charge in [0.05, 0.1) is 18.6 Å². The van der Waals surface area contributed by atoms with E-state index in [0.29, 0.717) is 11.3 Å². The average Bonchev–Trinajstić information content (AvgIpc) is 2.90. The Morgan fingerprint density at radius 1 is 1.63 bits per heavy atom. The average molecular weight is 276 g/mol. The Hall–Kier alpha value is -2.26. The first kappa shape index (κ1) is 13.2. The minimum atomic E-state index is -0.522. The maximum atomic E-state index is 11.9. The molecule has 2 rings (SSSR count). The third kappa shape index (κ3) is 2.20. The molecule has 1 aliphatic heterocycles. The predicted octanol–water partition coefficient (Wildman–Crippen LogP) is 2.00. The van der Waals surface area contributed by atoms with E-state index in [2.05, 4.69) is 0 Å². The monoisotopic (exact) mass is 276 g/mol. The second-order valence-electron chi connectivity index (χ2n) is 3.90. The van der Waals surface area contributed by atoms with Crippen molar-refractivity contribution in [2.45, 2.75) is 12.8 Å². The summed E-state index contributed by atoms with van der Waals surface area (Å²) in [6.07, 6.45) is 0. The normalized spacial score (nSPS) is 18.9. The number of thiophene rings is 1. The van der Waals surface area contributed by atoms with Gasteiger partial charge >= 0.3 is 5.97 Å². The van der Waals surface area contributed by atoms with Gasteiger partial charge < -0.3 is 15.2 Å². The van der Waals surface area contributed by atoms with Crippen LogP contribution in [0.2, 0.25) is 0 Å².